The third-order valence-corrected chi connectivity index (χ3v) is 8.59. The monoisotopic (exact) mass is 443 g/mol. The Bertz CT molecular complexity index is 1380. The Morgan fingerprint density at radius 3 is 2.61 bits per heavy atom. The van der Waals surface area contributed by atoms with Gasteiger partial charge in [0.1, 0.15) is 16.9 Å². The zero-order valence-corrected chi connectivity index (χ0v) is 18.5. The van der Waals surface area contributed by atoms with E-state index >= 15 is 0 Å². The minimum atomic E-state index is -3.10. The Morgan fingerprint density at radius 1 is 1.13 bits per heavy atom. The summed E-state index contributed by atoms with van der Waals surface area (Å²) in [6.45, 7) is 1.83. The van der Waals surface area contributed by atoms with Crippen LogP contribution in [0.4, 0.5) is 0 Å². The summed E-state index contributed by atoms with van der Waals surface area (Å²) in [5.41, 5.74) is 2.91. The number of carbonyl (C=O) groups is 1. The fourth-order valence-electron chi connectivity index (χ4n) is 4.91. The number of furan rings is 1. The SMILES string of the molecule is Cc1c(CC(=O)N(C)[C@@H]2CCS(=O)(=O)C2)c(=O)oc2cc3oc4c(c3cc12)CCCC4. The number of carbonyl (C=O) groups excluding carboxylic acids is 1. The number of likely N-dealkylation sites (N-methyl/N-ethyl adjacent to an activating group) is 1. The predicted molar refractivity (Wildman–Crippen MR) is 117 cm³/mol. The molecule has 2 aliphatic rings. The summed E-state index contributed by atoms with van der Waals surface area (Å²) in [7, 11) is -1.49. The molecule has 3 heterocycles. The number of nitrogens with zero attached hydrogens (tertiary/aromatic N) is 1. The van der Waals surface area contributed by atoms with Crippen molar-refractivity contribution in [3.05, 3.63) is 45.0 Å². The Kier molecular flexibility index (Phi) is 4.73. The summed E-state index contributed by atoms with van der Waals surface area (Å²) in [6, 6.07) is 3.44. The van der Waals surface area contributed by atoms with E-state index in [1.54, 1.807) is 13.1 Å². The maximum Gasteiger partial charge on any atom is 0.340 e. The summed E-state index contributed by atoms with van der Waals surface area (Å²) >= 11 is 0. The molecule has 0 radical (unpaired) electrons. The van der Waals surface area contributed by atoms with Gasteiger partial charge in [-0.25, -0.2) is 13.2 Å². The van der Waals surface area contributed by atoms with Gasteiger partial charge in [0.25, 0.3) is 0 Å². The molecule has 5 rings (SSSR count). The Hall–Kier alpha value is -2.61. The van der Waals surface area contributed by atoms with Gasteiger partial charge in [0.15, 0.2) is 9.84 Å². The molecular formula is C23H25NO6S. The van der Waals surface area contributed by atoms with Gasteiger partial charge in [-0.15, -0.1) is 0 Å². The highest BCUT2D eigenvalue weighted by molar-refractivity contribution is 7.91. The number of hydrogen-bond acceptors (Lipinski definition) is 6. The normalized spacial score (nSPS) is 20.3. The first-order chi connectivity index (χ1) is 14.7. The zero-order chi connectivity index (χ0) is 21.9. The number of aryl methyl sites for hydroxylation is 3. The molecule has 0 unspecified atom stereocenters. The number of fused-ring (bicyclic) bond motifs is 4. The Labute approximate surface area is 179 Å². The standard InChI is InChI=1S/C23H25NO6S/c1-13-16-9-18-15-5-3-4-6-19(15)29-21(18)11-20(16)30-23(26)17(13)10-22(25)24(2)14-7-8-31(27,28)12-14/h9,11,14H,3-8,10,12H2,1-2H3/t14-/m1/s1. The molecule has 2 aromatic heterocycles. The van der Waals surface area contributed by atoms with Crippen LogP contribution in [0.1, 0.15) is 41.7 Å². The van der Waals surface area contributed by atoms with Crippen molar-refractivity contribution in [2.24, 2.45) is 0 Å². The molecule has 8 heteroatoms. The molecule has 1 fully saturated rings. The molecule has 0 saturated carbocycles. The van der Waals surface area contributed by atoms with Crippen molar-refractivity contribution < 1.29 is 22.0 Å². The fourth-order valence-corrected chi connectivity index (χ4v) is 6.68. The van der Waals surface area contributed by atoms with Crippen LogP contribution in [0.5, 0.6) is 0 Å². The summed E-state index contributed by atoms with van der Waals surface area (Å²) in [5, 5.41) is 1.85. The predicted octanol–water partition coefficient (Wildman–Crippen LogP) is 2.91. The Morgan fingerprint density at radius 2 is 1.87 bits per heavy atom. The minimum absolute atomic E-state index is 0.0237. The number of amides is 1. The summed E-state index contributed by atoms with van der Waals surface area (Å²) < 4.78 is 35.1. The zero-order valence-electron chi connectivity index (χ0n) is 17.7. The largest absolute Gasteiger partial charge is 0.461 e. The van der Waals surface area contributed by atoms with Gasteiger partial charge >= 0.3 is 5.63 Å². The number of sulfone groups is 1. The quantitative estimate of drug-likeness (QED) is 0.578. The highest BCUT2D eigenvalue weighted by atomic mass is 32.2. The third-order valence-electron chi connectivity index (χ3n) is 6.84. The molecule has 1 saturated heterocycles. The van der Waals surface area contributed by atoms with Crippen molar-refractivity contribution >= 4 is 37.7 Å². The first-order valence-electron chi connectivity index (χ1n) is 10.7. The van der Waals surface area contributed by atoms with Crippen molar-refractivity contribution in [1.29, 1.82) is 0 Å². The van der Waals surface area contributed by atoms with Crippen LogP contribution < -0.4 is 5.63 Å². The van der Waals surface area contributed by atoms with Crippen LogP contribution in [0.25, 0.3) is 21.9 Å². The number of benzene rings is 1. The van der Waals surface area contributed by atoms with Crippen molar-refractivity contribution in [3.8, 4) is 0 Å². The van der Waals surface area contributed by atoms with Gasteiger partial charge in [-0.05, 0) is 44.2 Å². The topological polar surface area (TPSA) is 97.8 Å². The van der Waals surface area contributed by atoms with Crippen LogP contribution in [-0.2, 0) is 33.9 Å². The van der Waals surface area contributed by atoms with Gasteiger partial charge in [-0.2, -0.15) is 0 Å². The van der Waals surface area contributed by atoms with Crippen molar-refractivity contribution in [3.63, 3.8) is 0 Å². The highest BCUT2D eigenvalue weighted by Crippen LogP contribution is 2.35. The van der Waals surface area contributed by atoms with E-state index in [0.29, 0.717) is 17.6 Å². The van der Waals surface area contributed by atoms with Crippen molar-refractivity contribution in [2.75, 3.05) is 18.6 Å². The van der Waals surface area contributed by atoms with Crippen LogP contribution in [0.3, 0.4) is 0 Å². The maximum absolute atomic E-state index is 12.8. The van der Waals surface area contributed by atoms with Crippen LogP contribution in [0.2, 0.25) is 0 Å². The van der Waals surface area contributed by atoms with Gasteiger partial charge < -0.3 is 13.7 Å². The molecule has 1 aliphatic heterocycles. The van der Waals surface area contributed by atoms with E-state index < -0.39 is 15.5 Å². The third kappa shape index (κ3) is 3.46. The van der Waals surface area contributed by atoms with E-state index in [4.69, 9.17) is 8.83 Å². The fraction of sp³-hybridized carbons (Fsp3) is 0.478. The van der Waals surface area contributed by atoms with Crippen LogP contribution in [0.15, 0.2) is 25.8 Å². The van der Waals surface area contributed by atoms with Crippen LogP contribution in [0, 0.1) is 6.92 Å². The first-order valence-corrected chi connectivity index (χ1v) is 12.5. The molecule has 1 atom stereocenters. The van der Waals surface area contributed by atoms with E-state index in [-0.39, 0.29) is 29.9 Å². The van der Waals surface area contributed by atoms with Crippen molar-refractivity contribution in [2.45, 2.75) is 51.5 Å². The van der Waals surface area contributed by atoms with Gasteiger partial charge in [-0.1, -0.05) is 0 Å². The molecule has 1 aromatic carbocycles. The molecule has 0 spiro atoms. The first kappa shape index (κ1) is 20.3. The number of rotatable bonds is 3. The Balaban J connectivity index is 1.52. The summed E-state index contributed by atoms with van der Waals surface area (Å²) in [5.74, 6) is 0.806. The maximum atomic E-state index is 12.8. The summed E-state index contributed by atoms with van der Waals surface area (Å²) in [6.07, 6.45) is 4.46. The van der Waals surface area contributed by atoms with E-state index in [1.807, 2.05) is 13.0 Å². The molecule has 0 N–H and O–H groups in total. The lowest BCUT2D eigenvalue weighted by atomic mass is 9.94. The van der Waals surface area contributed by atoms with Crippen LogP contribution >= 0.6 is 0 Å². The van der Waals surface area contributed by atoms with Crippen LogP contribution in [-0.4, -0.2) is 43.8 Å². The van der Waals surface area contributed by atoms with E-state index in [9.17, 15) is 18.0 Å². The van der Waals surface area contributed by atoms with E-state index in [0.717, 1.165) is 53.4 Å². The average Bonchev–Trinajstić information content (AvgIpc) is 3.28. The molecule has 3 aromatic rings. The lowest BCUT2D eigenvalue weighted by Crippen LogP contribution is -2.39. The second kappa shape index (κ2) is 7.22. The molecule has 7 nitrogen and oxygen atoms in total. The molecule has 31 heavy (non-hydrogen) atoms. The smallest absolute Gasteiger partial charge is 0.340 e. The second-order valence-corrected chi connectivity index (χ2v) is 11.0. The lowest BCUT2D eigenvalue weighted by molar-refractivity contribution is -0.130. The van der Waals surface area contributed by atoms with E-state index in [1.165, 1.54) is 10.5 Å². The molecule has 164 valence electrons. The van der Waals surface area contributed by atoms with Crippen molar-refractivity contribution in [1.82, 2.24) is 4.90 Å². The number of hydrogen-bond donors (Lipinski definition) is 0. The minimum Gasteiger partial charge on any atom is -0.461 e. The highest BCUT2D eigenvalue weighted by Gasteiger charge is 2.33. The average molecular weight is 444 g/mol. The molecule has 0 bridgehead atoms. The van der Waals surface area contributed by atoms with Gasteiger partial charge in [-0.3, -0.25) is 4.79 Å². The molecule has 1 amide bonds. The van der Waals surface area contributed by atoms with E-state index in [2.05, 4.69) is 0 Å². The van der Waals surface area contributed by atoms with Gasteiger partial charge in [0, 0.05) is 41.9 Å². The molecular weight excluding hydrogens is 418 g/mol. The van der Waals surface area contributed by atoms with Gasteiger partial charge in [0.2, 0.25) is 5.91 Å². The summed E-state index contributed by atoms with van der Waals surface area (Å²) in [4.78, 5) is 27.0. The lowest BCUT2D eigenvalue weighted by Gasteiger charge is -2.23. The van der Waals surface area contributed by atoms with Gasteiger partial charge in [0.05, 0.1) is 23.5 Å². The second-order valence-electron chi connectivity index (χ2n) is 8.79. The molecule has 1 aliphatic carbocycles.